The SMILES string of the molecule is CC(=O)NCc1ccc(C(=O)N2CCN(S(=O)(=O)c3cccc(C(F)(F)F)c3)CC2)cc1. The molecule has 1 N–H and O–H groups in total. The van der Waals surface area contributed by atoms with Gasteiger partial charge in [-0.15, -0.1) is 0 Å². The van der Waals surface area contributed by atoms with Crippen molar-refractivity contribution >= 4 is 21.8 Å². The molecule has 32 heavy (non-hydrogen) atoms. The molecule has 0 radical (unpaired) electrons. The summed E-state index contributed by atoms with van der Waals surface area (Å²) >= 11 is 0. The van der Waals surface area contributed by atoms with E-state index in [1.165, 1.54) is 11.8 Å². The van der Waals surface area contributed by atoms with Gasteiger partial charge in [0.25, 0.3) is 5.91 Å². The maximum absolute atomic E-state index is 12.9. The number of carbonyl (C=O) groups excluding carboxylic acids is 2. The zero-order valence-corrected chi connectivity index (χ0v) is 18.0. The first kappa shape index (κ1) is 23.7. The fourth-order valence-corrected chi connectivity index (χ4v) is 4.76. The summed E-state index contributed by atoms with van der Waals surface area (Å²) in [7, 11) is -4.12. The molecule has 1 aliphatic rings. The Morgan fingerprint density at radius 1 is 1.00 bits per heavy atom. The minimum Gasteiger partial charge on any atom is -0.352 e. The van der Waals surface area contributed by atoms with Crippen LogP contribution in [0.15, 0.2) is 53.4 Å². The Balaban J connectivity index is 1.64. The number of carbonyl (C=O) groups is 2. The first-order chi connectivity index (χ1) is 15.0. The van der Waals surface area contributed by atoms with Crippen molar-refractivity contribution in [1.29, 1.82) is 0 Å². The molecule has 0 saturated carbocycles. The summed E-state index contributed by atoms with van der Waals surface area (Å²) in [5.74, 6) is -0.435. The second-order valence-corrected chi connectivity index (χ2v) is 9.27. The van der Waals surface area contributed by atoms with E-state index in [9.17, 15) is 31.2 Å². The van der Waals surface area contributed by atoms with Crippen molar-refractivity contribution in [2.75, 3.05) is 26.2 Å². The number of alkyl halides is 3. The van der Waals surface area contributed by atoms with Crippen molar-refractivity contribution in [3.63, 3.8) is 0 Å². The number of sulfonamides is 1. The first-order valence-corrected chi connectivity index (χ1v) is 11.2. The number of amides is 2. The zero-order chi connectivity index (χ0) is 23.5. The monoisotopic (exact) mass is 469 g/mol. The molecule has 0 bridgehead atoms. The van der Waals surface area contributed by atoms with E-state index in [2.05, 4.69) is 5.32 Å². The maximum Gasteiger partial charge on any atom is 0.416 e. The van der Waals surface area contributed by atoms with Crippen LogP contribution >= 0.6 is 0 Å². The van der Waals surface area contributed by atoms with Crippen molar-refractivity contribution in [3.05, 3.63) is 65.2 Å². The van der Waals surface area contributed by atoms with Crippen LogP contribution in [0.2, 0.25) is 0 Å². The highest BCUT2D eigenvalue weighted by Gasteiger charge is 2.34. The fourth-order valence-electron chi connectivity index (χ4n) is 3.29. The molecule has 2 aromatic carbocycles. The van der Waals surface area contributed by atoms with Gasteiger partial charge in [-0.05, 0) is 35.9 Å². The summed E-state index contributed by atoms with van der Waals surface area (Å²) in [6.45, 7) is 1.94. The average molecular weight is 469 g/mol. The van der Waals surface area contributed by atoms with E-state index in [0.717, 1.165) is 28.1 Å². The predicted octanol–water partition coefficient (Wildman–Crippen LogP) is 2.49. The van der Waals surface area contributed by atoms with Crippen LogP contribution in [0, 0.1) is 0 Å². The highest BCUT2D eigenvalue weighted by Crippen LogP contribution is 2.31. The number of piperazine rings is 1. The number of benzene rings is 2. The number of halogens is 3. The average Bonchev–Trinajstić information content (AvgIpc) is 2.77. The zero-order valence-electron chi connectivity index (χ0n) is 17.2. The molecule has 1 fully saturated rings. The molecule has 2 amide bonds. The molecule has 2 aromatic rings. The molecule has 3 rings (SSSR count). The number of hydrogen-bond donors (Lipinski definition) is 1. The summed E-state index contributed by atoms with van der Waals surface area (Å²) in [5.41, 5.74) is 0.217. The van der Waals surface area contributed by atoms with Crippen LogP contribution in [-0.4, -0.2) is 55.6 Å². The van der Waals surface area contributed by atoms with Gasteiger partial charge in [-0.1, -0.05) is 18.2 Å². The molecule has 0 aliphatic carbocycles. The normalized spacial score (nSPS) is 15.4. The second kappa shape index (κ2) is 9.29. The number of nitrogens with one attached hydrogen (secondary N) is 1. The minimum atomic E-state index is -4.64. The van der Waals surface area contributed by atoms with E-state index in [1.54, 1.807) is 24.3 Å². The van der Waals surface area contributed by atoms with Gasteiger partial charge in [-0.2, -0.15) is 17.5 Å². The quantitative estimate of drug-likeness (QED) is 0.729. The molecular weight excluding hydrogens is 447 g/mol. The highest BCUT2D eigenvalue weighted by atomic mass is 32.2. The molecular formula is C21H22F3N3O4S. The third-order valence-corrected chi connectivity index (χ3v) is 6.96. The van der Waals surface area contributed by atoms with Crippen molar-refractivity contribution in [2.45, 2.75) is 24.5 Å². The van der Waals surface area contributed by atoms with E-state index in [1.807, 2.05) is 0 Å². The van der Waals surface area contributed by atoms with E-state index in [-0.39, 0.29) is 38.0 Å². The number of rotatable bonds is 5. The maximum atomic E-state index is 12.9. The van der Waals surface area contributed by atoms with Crippen molar-refractivity contribution in [3.8, 4) is 0 Å². The van der Waals surface area contributed by atoms with Gasteiger partial charge in [-0.25, -0.2) is 8.42 Å². The van der Waals surface area contributed by atoms with Crippen LogP contribution in [0.3, 0.4) is 0 Å². The summed E-state index contributed by atoms with van der Waals surface area (Å²) in [6.07, 6.45) is -4.64. The van der Waals surface area contributed by atoms with Crippen LogP contribution in [0.25, 0.3) is 0 Å². The number of nitrogens with zero attached hydrogens (tertiary/aromatic N) is 2. The van der Waals surface area contributed by atoms with Gasteiger partial charge in [0.05, 0.1) is 10.5 Å². The second-order valence-electron chi connectivity index (χ2n) is 7.33. The van der Waals surface area contributed by atoms with Crippen molar-refractivity contribution in [1.82, 2.24) is 14.5 Å². The van der Waals surface area contributed by atoms with E-state index in [0.29, 0.717) is 18.2 Å². The van der Waals surface area contributed by atoms with Gasteiger partial charge >= 0.3 is 6.18 Å². The van der Waals surface area contributed by atoms with E-state index in [4.69, 9.17) is 0 Å². The highest BCUT2D eigenvalue weighted by molar-refractivity contribution is 7.89. The van der Waals surface area contributed by atoms with E-state index < -0.39 is 26.7 Å². The molecule has 1 heterocycles. The topological polar surface area (TPSA) is 86.8 Å². The fraction of sp³-hybridized carbons (Fsp3) is 0.333. The first-order valence-electron chi connectivity index (χ1n) is 9.78. The van der Waals surface area contributed by atoms with Gasteiger partial charge in [0.15, 0.2) is 0 Å². The third kappa shape index (κ3) is 5.46. The lowest BCUT2D eigenvalue weighted by atomic mass is 10.1. The molecule has 0 atom stereocenters. The van der Waals surface area contributed by atoms with E-state index >= 15 is 0 Å². The standard InChI is InChI=1S/C21H22F3N3O4S/c1-15(28)25-14-16-5-7-17(8-6-16)20(29)26-9-11-27(12-10-26)32(30,31)19-4-2-3-18(13-19)21(22,23)24/h2-8,13H,9-12,14H2,1H3,(H,25,28). The lowest BCUT2D eigenvalue weighted by molar-refractivity contribution is -0.137. The van der Waals surface area contributed by atoms with Crippen LogP contribution in [0.5, 0.6) is 0 Å². The summed E-state index contributed by atoms with van der Waals surface area (Å²) in [6, 6.07) is 10.3. The molecule has 11 heteroatoms. The molecule has 7 nitrogen and oxygen atoms in total. The van der Waals surface area contributed by atoms with Gasteiger partial charge in [0.1, 0.15) is 0 Å². The van der Waals surface area contributed by atoms with Crippen LogP contribution in [-0.2, 0) is 27.5 Å². The van der Waals surface area contributed by atoms with Gasteiger partial charge in [0, 0.05) is 45.2 Å². The van der Waals surface area contributed by atoms with Crippen molar-refractivity contribution < 1.29 is 31.2 Å². The van der Waals surface area contributed by atoms with Gasteiger partial charge in [0.2, 0.25) is 15.9 Å². The Kier molecular flexibility index (Phi) is 6.89. The molecule has 1 saturated heterocycles. The minimum absolute atomic E-state index is 0.0229. The molecule has 0 spiro atoms. The Bertz CT molecular complexity index is 1090. The van der Waals surface area contributed by atoms with Crippen molar-refractivity contribution in [2.24, 2.45) is 0 Å². The lowest BCUT2D eigenvalue weighted by Gasteiger charge is -2.34. The third-order valence-electron chi connectivity index (χ3n) is 5.07. The summed E-state index contributed by atoms with van der Waals surface area (Å²) in [5, 5.41) is 2.66. The molecule has 1 aliphatic heterocycles. The molecule has 172 valence electrons. The molecule has 0 aromatic heterocycles. The van der Waals surface area contributed by atoms with Crippen LogP contribution in [0.4, 0.5) is 13.2 Å². The predicted molar refractivity (Wildman–Crippen MR) is 110 cm³/mol. The smallest absolute Gasteiger partial charge is 0.352 e. The van der Waals surface area contributed by atoms with Gasteiger partial charge in [-0.3, -0.25) is 9.59 Å². The largest absolute Gasteiger partial charge is 0.416 e. The number of hydrogen-bond acceptors (Lipinski definition) is 4. The Morgan fingerprint density at radius 3 is 2.19 bits per heavy atom. The Morgan fingerprint density at radius 2 is 1.62 bits per heavy atom. The Labute approximate surface area is 183 Å². The summed E-state index contributed by atoms with van der Waals surface area (Å²) in [4.78, 5) is 24.8. The lowest BCUT2D eigenvalue weighted by Crippen LogP contribution is -2.50. The van der Waals surface area contributed by atoms with Crippen LogP contribution < -0.4 is 5.32 Å². The Hall–Kier alpha value is -2.92. The molecule has 0 unspecified atom stereocenters. The van der Waals surface area contributed by atoms with Crippen LogP contribution in [0.1, 0.15) is 28.4 Å². The van der Waals surface area contributed by atoms with Gasteiger partial charge < -0.3 is 10.2 Å². The summed E-state index contributed by atoms with van der Waals surface area (Å²) < 4.78 is 65.5.